The maximum absolute atomic E-state index is 12.8. The number of piperidine rings is 1. The number of nitrogens with zero attached hydrogens (tertiary/aromatic N) is 1. The molecular weight excluding hydrogens is 292 g/mol. The number of ether oxygens (including phenoxy) is 1. The summed E-state index contributed by atoms with van der Waals surface area (Å²) >= 11 is 0. The Balaban J connectivity index is 1.88. The minimum absolute atomic E-state index is 0.0642. The fraction of sp³-hybridized carbons (Fsp3) is 0.889. The molecule has 5 nitrogen and oxygen atoms in total. The lowest BCUT2D eigenvalue weighted by molar-refractivity contribution is -0.138. The third kappa shape index (κ3) is 5.48. The van der Waals surface area contributed by atoms with Gasteiger partial charge in [0.05, 0.1) is 6.10 Å². The van der Waals surface area contributed by atoms with Crippen LogP contribution < -0.4 is 5.32 Å². The summed E-state index contributed by atoms with van der Waals surface area (Å²) in [7, 11) is 0. The molecule has 2 amide bonds. The van der Waals surface area contributed by atoms with Crippen molar-refractivity contribution >= 4 is 11.8 Å². The molecule has 2 heterocycles. The molecule has 2 saturated heterocycles. The molecule has 0 aromatic rings. The van der Waals surface area contributed by atoms with Gasteiger partial charge in [-0.05, 0) is 51.4 Å². The smallest absolute Gasteiger partial charge is 0.223 e. The van der Waals surface area contributed by atoms with Crippen LogP contribution in [-0.4, -0.2) is 48.6 Å². The Labute approximate surface area is 140 Å². The lowest BCUT2D eigenvalue weighted by Crippen LogP contribution is -2.46. The van der Waals surface area contributed by atoms with Crippen molar-refractivity contribution in [3.63, 3.8) is 0 Å². The Morgan fingerprint density at radius 2 is 2.00 bits per heavy atom. The van der Waals surface area contributed by atoms with E-state index >= 15 is 0 Å². The Bertz CT molecular complexity index is 400. The lowest BCUT2D eigenvalue weighted by atomic mass is 9.90. The fourth-order valence-corrected chi connectivity index (χ4v) is 3.82. The average molecular weight is 324 g/mol. The van der Waals surface area contributed by atoms with Crippen LogP contribution in [0, 0.1) is 5.92 Å². The zero-order chi connectivity index (χ0) is 16.7. The van der Waals surface area contributed by atoms with Crippen LogP contribution in [0.2, 0.25) is 0 Å². The van der Waals surface area contributed by atoms with Crippen molar-refractivity contribution in [2.45, 2.75) is 77.4 Å². The zero-order valence-electron chi connectivity index (χ0n) is 14.7. The van der Waals surface area contributed by atoms with Crippen molar-refractivity contribution in [3.05, 3.63) is 0 Å². The summed E-state index contributed by atoms with van der Waals surface area (Å²) in [5.74, 6) is 0.739. The Kier molecular flexibility index (Phi) is 7.34. The number of carbonyl (C=O) groups is 2. The highest BCUT2D eigenvalue weighted by Gasteiger charge is 2.31. The van der Waals surface area contributed by atoms with Gasteiger partial charge in [0.25, 0.3) is 0 Å². The molecule has 0 spiro atoms. The van der Waals surface area contributed by atoms with Gasteiger partial charge in [-0.2, -0.15) is 0 Å². The van der Waals surface area contributed by atoms with Gasteiger partial charge in [0, 0.05) is 38.6 Å². The third-order valence-corrected chi connectivity index (χ3v) is 5.14. The molecule has 0 bridgehead atoms. The summed E-state index contributed by atoms with van der Waals surface area (Å²) in [4.78, 5) is 26.6. The predicted octanol–water partition coefficient (Wildman–Crippen LogP) is 2.49. The summed E-state index contributed by atoms with van der Waals surface area (Å²) < 4.78 is 5.71. The molecule has 1 N–H and O–H groups in total. The first-order chi connectivity index (χ1) is 11.1. The SMILES string of the molecule is CCNC(=O)CC1CCCCN1C(=O)CC1CCOC(CC)C1. The van der Waals surface area contributed by atoms with Crippen molar-refractivity contribution < 1.29 is 14.3 Å². The van der Waals surface area contributed by atoms with Crippen LogP contribution in [0.15, 0.2) is 0 Å². The molecule has 5 heteroatoms. The first-order valence-corrected chi connectivity index (χ1v) is 9.31. The van der Waals surface area contributed by atoms with Crippen molar-refractivity contribution in [2.24, 2.45) is 5.92 Å². The highest BCUT2D eigenvalue weighted by molar-refractivity contribution is 5.80. The second-order valence-electron chi connectivity index (χ2n) is 6.89. The number of hydrogen-bond acceptors (Lipinski definition) is 3. The molecular formula is C18H32N2O3. The van der Waals surface area contributed by atoms with E-state index in [0.717, 1.165) is 51.7 Å². The zero-order valence-corrected chi connectivity index (χ0v) is 14.7. The quantitative estimate of drug-likeness (QED) is 0.816. The molecule has 2 rings (SSSR count). The number of rotatable bonds is 6. The molecule has 132 valence electrons. The van der Waals surface area contributed by atoms with E-state index in [-0.39, 0.29) is 17.9 Å². The molecule has 0 saturated carbocycles. The molecule has 3 atom stereocenters. The van der Waals surface area contributed by atoms with Gasteiger partial charge in [-0.3, -0.25) is 9.59 Å². The molecule has 2 fully saturated rings. The normalized spacial score (nSPS) is 28.4. The summed E-state index contributed by atoms with van der Waals surface area (Å²) in [6, 6.07) is 0.0876. The Hall–Kier alpha value is -1.10. The number of hydrogen-bond donors (Lipinski definition) is 1. The second-order valence-corrected chi connectivity index (χ2v) is 6.89. The predicted molar refractivity (Wildman–Crippen MR) is 90.0 cm³/mol. The standard InChI is InChI=1S/C18H32N2O3/c1-3-16-11-14(8-10-23-16)12-18(22)20-9-6-5-7-15(20)13-17(21)19-4-2/h14-16H,3-13H2,1-2H3,(H,19,21). The van der Waals surface area contributed by atoms with Crippen LogP contribution in [0.3, 0.4) is 0 Å². The minimum atomic E-state index is 0.0642. The Morgan fingerprint density at radius 1 is 1.17 bits per heavy atom. The van der Waals surface area contributed by atoms with Gasteiger partial charge in [0.2, 0.25) is 11.8 Å². The minimum Gasteiger partial charge on any atom is -0.378 e. The second kappa shape index (κ2) is 9.26. The largest absolute Gasteiger partial charge is 0.378 e. The summed E-state index contributed by atoms with van der Waals surface area (Å²) in [6.45, 7) is 6.31. The van der Waals surface area contributed by atoms with Crippen LogP contribution >= 0.6 is 0 Å². The molecule has 2 aliphatic heterocycles. The van der Waals surface area contributed by atoms with Gasteiger partial charge in [-0.1, -0.05) is 6.92 Å². The van der Waals surface area contributed by atoms with Crippen LogP contribution in [0.1, 0.15) is 65.2 Å². The highest BCUT2D eigenvalue weighted by atomic mass is 16.5. The van der Waals surface area contributed by atoms with E-state index in [1.807, 2.05) is 11.8 Å². The van der Waals surface area contributed by atoms with Crippen molar-refractivity contribution in [1.82, 2.24) is 10.2 Å². The van der Waals surface area contributed by atoms with E-state index in [0.29, 0.717) is 31.4 Å². The van der Waals surface area contributed by atoms with Gasteiger partial charge in [-0.25, -0.2) is 0 Å². The Morgan fingerprint density at radius 3 is 2.74 bits per heavy atom. The van der Waals surface area contributed by atoms with E-state index in [1.54, 1.807) is 0 Å². The highest BCUT2D eigenvalue weighted by Crippen LogP contribution is 2.27. The summed E-state index contributed by atoms with van der Waals surface area (Å²) in [5, 5.41) is 2.85. The molecule has 23 heavy (non-hydrogen) atoms. The molecule has 3 unspecified atom stereocenters. The van der Waals surface area contributed by atoms with E-state index in [1.165, 1.54) is 0 Å². The number of carbonyl (C=O) groups excluding carboxylic acids is 2. The van der Waals surface area contributed by atoms with Gasteiger partial charge in [-0.15, -0.1) is 0 Å². The fourth-order valence-electron chi connectivity index (χ4n) is 3.82. The first-order valence-electron chi connectivity index (χ1n) is 9.31. The van der Waals surface area contributed by atoms with Crippen molar-refractivity contribution in [3.8, 4) is 0 Å². The third-order valence-electron chi connectivity index (χ3n) is 5.14. The van der Waals surface area contributed by atoms with Gasteiger partial charge in [0.15, 0.2) is 0 Å². The maximum atomic E-state index is 12.8. The van der Waals surface area contributed by atoms with Crippen LogP contribution in [-0.2, 0) is 14.3 Å². The molecule has 2 aliphatic rings. The number of amides is 2. The van der Waals surface area contributed by atoms with E-state index < -0.39 is 0 Å². The van der Waals surface area contributed by atoms with Gasteiger partial charge in [0.1, 0.15) is 0 Å². The molecule has 0 aromatic heterocycles. The van der Waals surface area contributed by atoms with Crippen molar-refractivity contribution in [2.75, 3.05) is 19.7 Å². The molecule has 0 aromatic carbocycles. The number of nitrogens with one attached hydrogen (secondary N) is 1. The van der Waals surface area contributed by atoms with E-state index in [9.17, 15) is 9.59 Å². The molecule has 0 radical (unpaired) electrons. The van der Waals surface area contributed by atoms with Crippen LogP contribution in [0.5, 0.6) is 0 Å². The van der Waals surface area contributed by atoms with Crippen LogP contribution in [0.25, 0.3) is 0 Å². The number of likely N-dealkylation sites (tertiary alicyclic amines) is 1. The summed E-state index contributed by atoms with van der Waals surface area (Å²) in [5.41, 5.74) is 0. The van der Waals surface area contributed by atoms with Gasteiger partial charge >= 0.3 is 0 Å². The first kappa shape index (κ1) is 18.2. The van der Waals surface area contributed by atoms with Crippen LogP contribution in [0.4, 0.5) is 0 Å². The van der Waals surface area contributed by atoms with E-state index in [2.05, 4.69) is 12.2 Å². The maximum Gasteiger partial charge on any atom is 0.223 e. The van der Waals surface area contributed by atoms with E-state index in [4.69, 9.17) is 4.74 Å². The monoisotopic (exact) mass is 324 g/mol. The van der Waals surface area contributed by atoms with Crippen molar-refractivity contribution in [1.29, 1.82) is 0 Å². The molecule has 0 aliphatic carbocycles. The topological polar surface area (TPSA) is 58.6 Å². The average Bonchev–Trinajstić information content (AvgIpc) is 2.55. The lowest BCUT2D eigenvalue weighted by Gasteiger charge is -2.37. The van der Waals surface area contributed by atoms with Gasteiger partial charge < -0.3 is 15.0 Å². The summed E-state index contributed by atoms with van der Waals surface area (Å²) in [6.07, 6.45) is 7.51.